The molecule has 1 N–H and O–H groups in total. The van der Waals surface area contributed by atoms with Crippen LogP contribution in [0.2, 0.25) is 0 Å². The van der Waals surface area contributed by atoms with Gasteiger partial charge in [0.05, 0.1) is 5.69 Å². The van der Waals surface area contributed by atoms with Crippen molar-refractivity contribution < 1.29 is 4.74 Å². The van der Waals surface area contributed by atoms with Crippen LogP contribution in [0.25, 0.3) is 0 Å². The van der Waals surface area contributed by atoms with Crippen LogP contribution in [0.5, 0.6) is 0 Å². The molecule has 1 aromatic heterocycles. The minimum Gasteiger partial charge on any atom is -0.374 e. The van der Waals surface area contributed by atoms with Crippen LogP contribution in [0, 0.1) is 6.92 Å². The van der Waals surface area contributed by atoms with Gasteiger partial charge in [-0.05, 0) is 13.8 Å². The average Bonchev–Trinajstić information content (AvgIpc) is 2.64. The molecule has 14 heavy (non-hydrogen) atoms. The molecule has 2 rings (SSSR count). The highest BCUT2D eigenvalue weighted by Crippen LogP contribution is 2.19. The van der Waals surface area contributed by atoms with E-state index < -0.39 is 0 Å². The maximum absolute atomic E-state index is 5.21. The molecule has 0 amide bonds. The third-order valence-electron chi connectivity index (χ3n) is 2.63. The van der Waals surface area contributed by atoms with Crippen molar-refractivity contribution in [3.63, 3.8) is 0 Å². The summed E-state index contributed by atoms with van der Waals surface area (Å²) < 4.78 is 5.21. The van der Waals surface area contributed by atoms with Gasteiger partial charge < -0.3 is 10.1 Å². The van der Waals surface area contributed by atoms with Crippen LogP contribution >= 0.6 is 0 Å². The van der Waals surface area contributed by atoms with Gasteiger partial charge in [0.2, 0.25) is 0 Å². The van der Waals surface area contributed by atoms with E-state index in [0.29, 0.717) is 0 Å². The van der Waals surface area contributed by atoms with Crippen LogP contribution < -0.4 is 5.32 Å². The van der Waals surface area contributed by atoms with Gasteiger partial charge >= 0.3 is 0 Å². The smallest absolute Gasteiger partial charge is 0.157 e. The van der Waals surface area contributed by atoms with Gasteiger partial charge in [0.1, 0.15) is 6.10 Å². The molecular formula is C10H15N3O. The molecule has 0 aliphatic carbocycles. The van der Waals surface area contributed by atoms with Crippen LogP contribution in [0.15, 0.2) is 0 Å². The first-order chi connectivity index (χ1) is 6.72. The standard InChI is InChI=1S/C10H15N3O/c1-6-8-4-11-5-9(8)13-10(12-6)7(2)14-3/h7,11H,4-5H2,1-3H3. The van der Waals surface area contributed by atoms with Crippen molar-refractivity contribution in [2.75, 3.05) is 7.11 Å². The fourth-order valence-corrected chi connectivity index (χ4v) is 1.65. The van der Waals surface area contributed by atoms with Crippen molar-refractivity contribution >= 4 is 0 Å². The van der Waals surface area contributed by atoms with Crippen LogP contribution in [0.1, 0.15) is 35.8 Å². The Bertz CT molecular complexity index is 351. The van der Waals surface area contributed by atoms with E-state index >= 15 is 0 Å². The first kappa shape index (κ1) is 9.55. The number of ether oxygens (including phenoxy) is 1. The second-order valence-electron chi connectivity index (χ2n) is 3.57. The molecule has 0 bridgehead atoms. The lowest BCUT2D eigenvalue weighted by Gasteiger charge is -2.10. The minimum absolute atomic E-state index is 0.0281. The predicted octanol–water partition coefficient (Wildman–Crippen LogP) is 1.10. The molecule has 1 aromatic rings. The zero-order valence-electron chi connectivity index (χ0n) is 8.79. The first-order valence-electron chi connectivity index (χ1n) is 4.82. The van der Waals surface area contributed by atoms with E-state index in [-0.39, 0.29) is 6.10 Å². The van der Waals surface area contributed by atoms with E-state index in [4.69, 9.17) is 4.74 Å². The molecule has 0 radical (unpaired) electrons. The molecule has 2 heterocycles. The lowest BCUT2D eigenvalue weighted by molar-refractivity contribution is 0.111. The molecule has 0 fully saturated rings. The number of methoxy groups -OCH3 is 1. The summed E-state index contributed by atoms with van der Waals surface area (Å²) in [6.07, 6.45) is -0.0281. The molecule has 0 saturated carbocycles. The molecular weight excluding hydrogens is 178 g/mol. The number of fused-ring (bicyclic) bond motifs is 1. The summed E-state index contributed by atoms with van der Waals surface area (Å²) >= 11 is 0. The van der Waals surface area contributed by atoms with Gasteiger partial charge in [0, 0.05) is 31.5 Å². The van der Waals surface area contributed by atoms with E-state index in [2.05, 4.69) is 15.3 Å². The number of nitrogens with one attached hydrogen (secondary N) is 1. The average molecular weight is 193 g/mol. The summed E-state index contributed by atoms with van der Waals surface area (Å²) in [4.78, 5) is 8.93. The molecule has 4 nitrogen and oxygen atoms in total. The monoisotopic (exact) mass is 193 g/mol. The summed E-state index contributed by atoms with van der Waals surface area (Å²) in [6, 6.07) is 0. The van der Waals surface area contributed by atoms with E-state index in [9.17, 15) is 0 Å². The number of rotatable bonds is 2. The fraction of sp³-hybridized carbons (Fsp3) is 0.600. The molecule has 1 aliphatic rings. The van der Waals surface area contributed by atoms with E-state index in [1.165, 1.54) is 5.56 Å². The summed E-state index contributed by atoms with van der Waals surface area (Å²) in [5.74, 6) is 0.785. The summed E-state index contributed by atoms with van der Waals surface area (Å²) in [5, 5.41) is 3.27. The van der Waals surface area contributed by atoms with Crippen molar-refractivity contribution in [2.45, 2.75) is 33.0 Å². The Morgan fingerprint density at radius 1 is 1.36 bits per heavy atom. The second kappa shape index (κ2) is 3.63. The highest BCUT2D eigenvalue weighted by molar-refractivity contribution is 5.28. The normalized spacial score (nSPS) is 16.8. The number of hydrogen-bond donors (Lipinski definition) is 1. The van der Waals surface area contributed by atoms with Crippen LogP contribution in [-0.2, 0) is 17.8 Å². The van der Waals surface area contributed by atoms with Crippen molar-refractivity contribution in [2.24, 2.45) is 0 Å². The Morgan fingerprint density at radius 3 is 2.86 bits per heavy atom. The zero-order valence-corrected chi connectivity index (χ0v) is 8.79. The van der Waals surface area contributed by atoms with Crippen molar-refractivity contribution in [1.29, 1.82) is 0 Å². The third-order valence-corrected chi connectivity index (χ3v) is 2.63. The zero-order chi connectivity index (χ0) is 10.1. The number of hydrogen-bond acceptors (Lipinski definition) is 4. The molecule has 76 valence electrons. The van der Waals surface area contributed by atoms with Gasteiger partial charge in [-0.25, -0.2) is 9.97 Å². The van der Waals surface area contributed by atoms with Crippen molar-refractivity contribution in [3.05, 3.63) is 22.8 Å². The first-order valence-corrected chi connectivity index (χ1v) is 4.82. The maximum Gasteiger partial charge on any atom is 0.157 e. The van der Waals surface area contributed by atoms with Gasteiger partial charge in [0.25, 0.3) is 0 Å². The third kappa shape index (κ3) is 1.51. The Labute approximate surface area is 83.7 Å². The predicted molar refractivity (Wildman–Crippen MR) is 52.7 cm³/mol. The van der Waals surface area contributed by atoms with Gasteiger partial charge in [-0.15, -0.1) is 0 Å². The van der Waals surface area contributed by atoms with E-state index in [0.717, 1.165) is 30.3 Å². The summed E-state index contributed by atoms with van der Waals surface area (Å²) in [5.41, 5.74) is 3.44. The maximum atomic E-state index is 5.21. The Morgan fingerprint density at radius 2 is 2.14 bits per heavy atom. The molecule has 4 heteroatoms. The lowest BCUT2D eigenvalue weighted by atomic mass is 10.2. The van der Waals surface area contributed by atoms with E-state index in [1.807, 2.05) is 13.8 Å². The molecule has 0 aromatic carbocycles. The van der Waals surface area contributed by atoms with Gasteiger partial charge in [-0.2, -0.15) is 0 Å². The minimum atomic E-state index is -0.0281. The lowest BCUT2D eigenvalue weighted by Crippen LogP contribution is -2.07. The largest absolute Gasteiger partial charge is 0.374 e. The van der Waals surface area contributed by atoms with Gasteiger partial charge in [0.15, 0.2) is 5.82 Å². The van der Waals surface area contributed by atoms with Crippen LogP contribution in [0.3, 0.4) is 0 Å². The van der Waals surface area contributed by atoms with Crippen LogP contribution in [-0.4, -0.2) is 17.1 Å². The number of aromatic nitrogens is 2. The number of nitrogens with zero attached hydrogens (tertiary/aromatic N) is 2. The fourth-order valence-electron chi connectivity index (χ4n) is 1.65. The quantitative estimate of drug-likeness (QED) is 0.764. The van der Waals surface area contributed by atoms with Crippen molar-refractivity contribution in [1.82, 2.24) is 15.3 Å². The molecule has 1 atom stereocenters. The number of aryl methyl sites for hydroxylation is 1. The highest BCUT2D eigenvalue weighted by Gasteiger charge is 2.18. The van der Waals surface area contributed by atoms with Crippen LogP contribution in [0.4, 0.5) is 0 Å². The molecule has 1 aliphatic heterocycles. The SMILES string of the molecule is COC(C)c1nc(C)c2c(n1)CNC2. The molecule has 1 unspecified atom stereocenters. The van der Waals surface area contributed by atoms with Crippen molar-refractivity contribution in [3.8, 4) is 0 Å². The summed E-state index contributed by atoms with van der Waals surface area (Å²) in [6.45, 7) is 5.73. The second-order valence-corrected chi connectivity index (χ2v) is 3.57. The Balaban J connectivity index is 2.41. The Hall–Kier alpha value is -1.00. The van der Waals surface area contributed by atoms with Gasteiger partial charge in [-0.1, -0.05) is 0 Å². The Kier molecular flexibility index (Phi) is 2.48. The van der Waals surface area contributed by atoms with Gasteiger partial charge in [-0.3, -0.25) is 0 Å². The van der Waals surface area contributed by atoms with E-state index in [1.54, 1.807) is 7.11 Å². The molecule has 0 saturated heterocycles. The topological polar surface area (TPSA) is 47.0 Å². The highest BCUT2D eigenvalue weighted by atomic mass is 16.5. The summed E-state index contributed by atoms with van der Waals surface area (Å²) in [7, 11) is 1.68. The molecule has 0 spiro atoms.